The number of carbonyl (C=O) groups is 2. The molecular weight excluding hydrogens is 388 g/mol. The highest BCUT2D eigenvalue weighted by atomic mass is 35.5. The van der Waals surface area contributed by atoms with Crippen LogP contribution in [-0.2, 0) is 21.4 Å². The fraction of sp³-hybridized carbons (Fsp3) is 0.263. The van der Waals surface area contributed by atoms with Crippen LogP contribution in [0.3, 0.4) is 0 Å². The van der Waals surface area contributed by atoms with E-state index >= 15 is 0 Å². The van der Waals surface area contributed by atoms with Crippen LogP contribution in [0.4, 0.5) is 0 Å². The number of nitrogens with one attached hydrogen (secondary N) is 2. The van der Waals surface area contributed by atoms with Crippen molar-refractivity contribution < 1.29 is 18.0 Å². The highest BCUT2D eigenvalue weighted by molar-refractivity contribution is 7.89. The monoisotopic (exact) mass is 408 g/mol. The summed E-state index contributed by atoms with van der Waals surface area (Å²) in [7, 11) is -3.67. The molecule has 0 aliphatic heterocycles. The SMILES string of the molecule is CC(=O)c1ccc(S(=O)(=O)NCCCC(=O)NCc2ccc(Cl)cc2)cc1. The van der Waals surface area contributed by atoms with Gasteiger partial charge < -0.3 is 5.32 Å². The van der Waals surface area contributed by atoms with Crippen molar-refractivity contribution in [2.24, 2.45) is 0 Å². The third kappa shape index (κ3) is 6.78. The lowest BCUT2D eigenvalue weighted by Gasteiger charge is -2.08. The van der Waals surface area contributed by atoms with Crippen LogP contribution in [0.25, 0.3) is 0 Å². The van der Waals surface area contributed by atoms with Crippen molar-refractivity contribution in [2.75, 3.05) is 6.54 Å². The van der Waals surface area contributed by atoms with E-state index in [0.29, 0.717) is 23.6 Å². The van der Waals surface area contributed by atoms with E-state index in [9.17, 15) is 18.0 Å². The van der Waals surface area contributed by atoms with E-state index in [1.54, 1.807) is 12.1 Å². The van der Waals surface area contributed by atoms with Gasteiger partial charge in [-0.1, -0.05) is 35.9 Å². The number of rotatable bonds is 9. The number of amides is 1. The number of carbonyl (C=O) groups excluding carboxylic acids is 2. The maximum absolute atomic E-state index is 12.2. The topological polar surface area (TPSA) is 92.3 Å². The molecule has 0 aliphatic carbocycles. The molecule has 0 fully saturated rings. The lowest BCUT2D eigenvalue weighted by Crippen LogP contribution is -2.27. The summed E-state index contributed by atoms with van der Waals surface area (Å²) in [6.07, 6.45) is 0.580. The number of sulfonamides is 1. The number of Topliss-reactive ketones (excluding diaryl/α,β-unsaturated/α-hetero) is 1. The minimum atomic E-state index is -3.67. The van der Waals surface area contributed by atoms with Gasteiger partial charge in [0.1, 0.15) is 0 Å². The van der Waals surface area contributed by atoms with Gasteiger partial charge in [-0.15, -0.1) is 0 Å². The quantitative estimate of drug-likeness (QED) is 0.493. The fourth-order valence-corrected chi connectivity index (χ4v) is 3.50. The van der Waals surface area contributed by atoms with Crippen LogP contribution in [0, 0.1) is 0 Å². The van der Waals surface area contributed by atoms with E-state index < -0.39 is 10.0 Å². The van der Waals surface area contributed by atoms with E-state index in [4.69, 9.17) is 11.6 Å². The van der Waals surface area contributed by atoms with Gasteiger partial charge in [0.05, 0.1) is 4.90 Å². The van der Waals surface area contributed by atoms with Crippen LogP contribution < -0.4 is 10.0 Å². The van der Waals surface area contributed by atoms with Gasteiger partial charge in [-0.3, -0.25) is 9.59 Å². The first-order valence-corrected chi connectivity index (χ1v) is 10.3. The van der Waals surface area contributed by atoms with Gasteiger partial charge in [-0.25, -0.2) is 13.1 Å². The first-order chi connectivity index (χ1) is 12.8. The first kappa shape index (κ1) is 21.1. The summed E-state index contributed by atoms with van der Waals surface area (Å²) >= 11 is 5.80. The Morgan fingerprint density at radius 2 is 1.63 bits per heavy atom. The minimum Gasteiger partial charge on any atom is -0.352 e. The molecule has 0 radical (unpaired) electrons. The van der Waals surface area contributed by atoms with E-state index in [1.807, 2.05) is 12.1 Å². The molecule has 2 aromatic rings. The zero-order valence-electron chi connectivity index (χ0n) is 14.9. The van der Waals surface area contributed by atoms with Crippen molar-refractivity contribution in [2.45, 2.75) is 31.2 Å². The number of ketones is 1. The third-order valence-corrected chi connectivity index (χ3v) is 5.58. The molecule has 0 unspecified atom stereocenters. The van der Waals surface area contributed by atoms with Gasteiger partial charge in [-0.2, -0.15) is 0 Å². The molecular formula is C19H21ClN2O4S. The lowest BCUT2D eigenvalue weighted by atomic mass is 10.2. The summed E-state index contributed by atoms with van der Waals surface area (Å²) in [5.41, 5.74) is 1.38. The van der Waals surface area contributed by atoms with Crippen LogP contribution in [0.2, 0.25) is 5.02 Å². The second kappa shape index (κ2) is 9.64. The van der Waals surface area contributed by atoms with Crippen LogP contribution in [0.5, 0.6) is 0 Å². The molecule has 8 heteroatoms. The maximum Gasteiger partial charge on any atom is 0.240 e. The summed E-state index contributed by atoms with van der Waals surface area (Å²) in [6.45, 7) is 1.95. The molecule has 0 spiro atoms. The highest BCUT2D eigenvalue weighted by Crippen LogP contribution is 2.11. The first-order valence-electron chi connectivity index (χ1n) is 8.40. The summed E-state index contributed by atoms with van der Waals surface area (Å²) in [5, 5.41) is 3.41. The second-order valence-electron chi connectivity index (χ2n) is 5.99. The number of hydrogen-bond donors (Lipinski definition) is 2. The molecule has 0 bridgehead atoms. The molecule has 0 saturated heterocycles. The molecule has 0 aliphatic rings. The van der Waals surface area contributed by atoms with Crippen molar-refractivity contribution in [1.82, 2.24) is 10.0 Å². The van der Waals surface area contributed by atoms with Crippen LogP contribution >= 0.6 is 11.6 Å². The van der Waals surface area contributed by atoms with Gasteiger partial charge in [0, 0.05) is 30.1 Å². The van der Waals surface area contributed by atoms with E-state index in [2.05, 4.69) is 10.0 Å². The van der Waals surface area contributed by atoms with Crippen LogP contribution in [0.1, 0.15) is 35.7 Å². The Morgan fingerprint density at radius 1 is 1.00 bits per heavy atom. The number of hydrogen-bond acceptors (Lipinski definition) is 4. The van der Waals surface area contributed by atoms with E-state index in [1.165, 1.54) is 31.2 Å². The smallest absolute Gasteiger partial charge is 0.240 e. The third-order valence-electron chi connectivity index (χ3n) is 3.85. The lowest BCUT2D eigenvalue weighted by molar-refractivity contribution is -0.121. The summed E-state index contributed by atoms with van der Waals surface area (Å²) in [5.74, 6) is -0.286. The molecule has 2 rings (SSSR count). The van der Waals surface area contributed by atoms with Crippen LogP contribution in [-0.4, -0.2) is 26.7 Å². The van der Waals surface area contributed by atoms with Crippen molar-refractivity contribution >= 4 is 33.3 Å². The number of benzene rings is 2. The Balaban J connectivity index is 1.73. The average Bonchev–Trinajstić information content (AvgIpc) is 2.65. The van der Waals surface area contributed by atoms with Gasteiger partial charge in [0.2, 0.25) is 15.9 Å². The van der Waals surface area contributed by atoms with Gasteiger partial charge in [0.25, 0.3) is 0 Å². The zero-order valence-corrected chi connectivity index (χ0v) is 16.4. The Morgan fingerprint density at radius 3 is 2.22 bits per heavy atom. The Kier molecular flexibility index (Phi) is 7.53. The minimum absolute atomic E-state index is 0.0830. The van der Waals surface area contributed by atoms with Crippen molar-refractivity contribution in [3.05, 3.63) is 64.7 Å². The fourth-order valence-electron chi connectivity index (χ4n) is 2.30. The van der Waals surface area contributed by atoms with E-state index in [0.717, 1.165) is 5.56 Å². The van der Waals surface area contributed by atoms with Crippen molar-refractivity contribution in [1.29, 1.82) is 0 Å². The van der Waals surface area contributed by atoms with Gasteiger partial charge in [0.15, 0.2) is 5.78 Å². The molecule has 2 N–H and O–H groups in total. The van der Waals surface area contributed by atoms with Crippen molar-refractivity contribution in [3.63, 3.8) is 0 Å². The van der Waals surface area contributed by atoms with Gasteiger partial charge in [-0.05, 0) is 43.2 Å². The molecule has 6 nitrogen and oxygen atoms in total. The molecule has 27 heavy (non-hydrogen) atoms. The Bertz CT molecular complexity index is 894. The van der Waals surface area contributed by atoms with E-state index in [-0.39, 0.29) is 29.6 Å². The highest BCUT2D eigenvalue weighted by Gasteiger charge is 2.14. The molecule has 144 valence electrons. The molecule has 0 aromatic heterocycles. The second-order valence-corrected chi connectivity index (χ2v) is 8.19. The Labute approximate surface area is 164 Å². The summed E-state index contributed by atoms with van der Waals surface area (Å²) < 4.78 is 26.8. The molecule has 0 heterocycles. The zero-order chi connectivity index (χ0) is 19.9. The molecule has 2 aromatic carbocycles. The van der Waals surface area contributed by atoms with Crippen LogP contribution in [0.15, 0.2) is 53.4 Å². The molecule has 1 amide bonds. The summed E-state index contributed by atoms with van der Waals surface area (Å²) in [4.78, 5) is 23.1. The molecule has 0 atom stereocenters. The summed E-state index contributed by atoms with van der Waals surface area (Å²) in [6, 6.07) is 12.9. The normalized spacial score (nSPS) is 11.2. The standard InChI is InChI=1S/C19H21ClN2O4S/c1-14(23)16-6-10-18(11-7-16)27(25,26)22-12-2-3-19(24)21-13-15-4-8-17(20)9-5-15/h4-11,22H,2-3,12-13H2,1H3,(H,21,24). The maximum atomic E-state index is 12.2. The Hall–Kier alpha value is -2.22. The largest absolute Gasteiger partial charge is 0.352 e. The molecule has 0 saturated carbocycles. The predicted molar refractivity (Wildman–Crippen MR) is 104 cm³/mol. The predicted octanol–water partition coefficient (Wildman–Crippen LogP) is 2.92. The van der Waals surface area contributed by atoms with Crippen molar-refractivity contribution in [3.8, 4) is 0 Å². The average molecular weight is 409 g/mol. The van der Waals surface area contributed by atoms with Gasteiger partial charge >= 0.3 is 0 Å². The number of halogens is 1.